The number of nitro groups is 1. The van der Waals surface area contributed by atoms with Crippen molar-refractivity contribution in [1.82, 2.24) is 4.31 Å². The van der Waals surface area contributed by atoms with Gasteiger partial charge in [0, 0.05) is 12.1 Å². The molecule has 1 aliphatic rings. The lowest BCUT2D eigenvalue weighted by atomic mass is 10.2. The number of benzene rings is 1. The van der Waals surface area contributed by atoms with Crippen molar-refractivity contribution in [3.63, 3.8) is 0 Å². The molecular weight excluding hydrogens is 374 g/mol. The highest BCUT2D eigenvalue weighted by molar-refractivity contribution is 7.89. The Morgan fingerprint density at radius 1 is 1.33 bits per heavy atom. The molecule has 1 fully saturated rings. The zero-order valence-electron chi connectivity index (χ0n) is 15.9. The number of aliphatic hydroxyl groups excluding tert-OH is 1. The highest BCUT2D eigenvalue weighted by Crippen LogP contribution is 2.20. The van der Waals surface area contributed by atoms with Gasteiger partial charge in [0.25, 0.3) is 5.69 Å². The molecule has 10 heteroatoms. The quantitative estimate of drug-likeness (QED) is 0.476. The zero-order valence-corrected chi connectivity index (χ0v) is 16.7. The fraction of sp³-hybridized carbons (Fsp3) is 0.647. The monoisotopic (exact) mass is 402 g/mol. The molecule has 1 atom stereocenters. The lowest BCUT2D eigenvalue weighted by molar-refractivity contribution is -0.906. The molecule has 1 aliphatic heterocycles. The van der Waals surface area contributed by atoms with Crippen LogP contribution in [-0.2, 0) is 14.8 Å². The SMILES string of the molecule is CC(C)(C)OC[C@@H](O)C[NH+]1CCN(S(=O)(=O)c2cccc([N+](=O)[O-])c2)CC1. The third-order valence-corrected chi connectivity index (χ3v) is 6.22. The van der Waals surface area contributed by atoms with Gasteiger partial charge in [-0.05, 0) is 26.8 Å². The molecule has 2 N–H and O–H groups in total. The first-order valence-corrected chi connectivity index (χ1v) is 10.3. The lowest BCUT2D eigenvalue weighted by Crippen LogP contribution is -3.15. The molecule has 0 bridgehead atoms. The largest absolute Gasteiger partial charge is 0.385 e. The molecule has 152 valence electrons. The summed E-state index contributed by atoms with van der Waals surface area (Å²) in [5, 5.41) is 21.0. The fourth-order valence-corrected chi connectivity index (χ4v) is 4.37. The van der Waals surface area contributed by atoms with Gasteiger partial charge in [0.15, 0.2) is 0 Å². The molecule has 1 heterocycles. The Labute approximate surface area is 159 Å². The van der Waals surface area contributed by atoms with Crippen LogP contribution in [0.3, 0.4) is 0 Å². The van der Waals surface area contributed by atoms with Gasteiger partial charge < -0.3 is 14.7 Å². The van der Waals surface area contributed by atoms with Crippen molar-refractivity contribution in [3.8, 4) is 0 Å². The normalized spacial score (nSPS) is 18.4. The Bertz CT molecular complexity index is 754. The Balaban J connectivity index is 1.92. The summed E-state index contributed by atoms with van der Waals surface area (Å²) >= 11 is 0. The van der Waals surface area contributed by atoms with E-state index in [-0.39, 0.29) is 22.8 Å². The van der Waals surface area contributed by atoms with Gasteiger partial charge in [0.05, 0.1) is 48.2 Å². The summed E-state index contributed by atoms with van der Waals surface area (Å²) < 4.78 is 32.4. The van der Waals surface area contributed by atoms with Crippen molar-refractivity contribution in [2.45, 2.75) is 37.4 Å². The van der Waals surface area contributed by atoms with Crippen molar-refractivity contribution in [2.75, 3.05) is 39.3 Å². The summed E-state index contributed by atoms with van der Waals surface area (Å²) in [6, 6.07) is 5.09. The highest BCUT2D eigenvalue weighted by Gasteiger charge is 2.32. The van der Waals surface area contributed by atoms with E-state index in [0.29, 0.717) is 32.7 Å². The molecule has 0 radical (unpaired) electrons. The summed E-state index contributed by atoms with van der Waals surface area (Å²) in [4.78, 5) is 11.3. The van der Waals surface area contributed by atoms with E-state index in [0.717, 1.165) is 11.0 Å². The van der Waals surface area contributed by atoms with Gasteiger partial charge in [-0.1, -0.05) is 6.07 Å². The van der Waals surface area contributed by atoms with Crippen LogP contribution < -0.4 is 4.90 Å². The molecular formula is C17H28N3O6S+. The van der Waals surface area contributed by atoms with Crippen LogP contribution in [0.1, 0.15) is 20.8 Å². The van der Waals surface area contributed by atoms with Crippen LogP contribution in [0, 0.1) is 10.1 Å². The maximum atomic E-state index is 12.7. The number of hydrogen-bond acceptors (Lipinski definition) is 6. The Kier molecular flexibility index (Phi) is 6.92. The third-order valence-electron chi connectivity index (χ3n) is 4.33. The molecule has 0 spiro atoms. The van der Waals surface area contributed by atoms with Crippen molar-refractivity contribution >= 4 is 15.7 Å². The molecule has 0 unspecified atom stereocenters. The summed E-state index contributed by atoms with van der Waals surface area (Å²) in [5.41, 5.74) is -0.566. The predicted molar refractivity (Wildman–Crippen MR) is 99.1 cm³/mol. The van der Waals surface area contributed by atoms with Gasteiger partial charge in [-0.15, -0.1) is 0 Å². The first-order chi connectivity index (χ1) is 12.5. The van der Waals surface area contributed by atoms with Gasteiger partial charge in [0.1, 0.15) is 12.6 Å². The van der Waals surface area contributed by atoms with Crippen LogP contribution in [-0.4, -0.2) is 73.8 Å². The van der Waals surface area contributed by atoms with Crippen LogP contribution in [0.4, 0.5) is 5.69 Å². The summed E-state index contributed by atoms with van der Waals surface area (Å²) in [6.07, 6.45) is -0.612. The second-order valence-electron chi connectivity index (χ2n) is 7.69. The summed E-state index contributed by atoms with van der Waals surface area (Å²) in [7, 11) is -3.77. The van der Waals surface area contributed by atoms with E-state index < -0.39 is 21.1 Å². The number of aliphatic hydroxyl groups is 1. The van der Waals surface area contributed by atoms with Gasteiger partial charge in [-0.3, -0.25) is 10.1 Å². The van der Waals surface area contributed by atoms with Crippen molar-refractivity contribution in [2.24, 2.45) is 0 Å². The second kappa shape index (κ2) is 8.61. The third kappa shape index (κ3) is 6.22. The molecule has 2 rings (SSSR count). The molecule has 1 aromatic rings. The maximum Gasteiger partial charge on any atom is 0.270 e. The Hall–Kier alpha value is -1.59. The number of rotatable bonds is 7. The number of nitrogens with one attached hydrogen (secondary N) is 1. The Morgan fingerprint density at radius 3 is 2.52 bits per heavy atom. The first kappa shape index (κ1) is 21.7. The minimum Gasteiger partial charge on any atom is -0.385 e. The lowest BCUT2D eigenvalue weighted by Gasteiger charge is -2.32. The standard InChI is InChI=1S/C17H27N3O6S/c1-17(2,3)26-13-15(21)12-18-7-9-19(10-8-18)27(24,25)16-6-4-5-14(11-16)20(22)23/h4-6,11,15,21H,7-10,12-13H2,1-3H3/p+1/t15-/m0/s1. The zero-order chi connectivity index (χ0) is 20.2. The minimum atomic E-state index is -3.77. The molecule has 0 saturated carbocycles. The van der Waals surface area contributed by atoms with Gasteiger partial charge in [-0.25, -0.2) is 8.42 Å². The first-order valence-electron chi connectivity index (χ1n) is 8.89. The predicted octanol–water partition coefficient (Wildman–Crippen LogP) is -0.340. The van der Waals surface area contributed by atoms with Crippen LogP contribution >= 0.6 is 0 Å². The summed E-state index contributed by atoms with van der Waals surface area (Å²) in [5.74, 6) is 0. The number of non-ortho nitro benzene ring substituents is 1. The van der Waals surface area contributed by atoms with E-state index in [9.17, 15) is 23.6 Å². The molecule has 0 amide bonds. The molecule has 9 nitrogen and oxygen atoms in total. The van der Waals surface area contributed by atoms with E-state index >= 15 is 0 Å². The average Bonchev–Trinajstić information content (AvgIpc) is 2.60. The van der Waals surface area contributed by atoms with E-state index in [1.807, 2.05) is 20.8 Å². The van der Waals surface area contributed by atoms with Gasteiger partial charge >= 0.3 is 0 Å². The Morgan fingerprint density at radius 2 is 1.96 bits per heavy atom. The number of quaternary nitrogens is 1. The van der Waals surface area contributed by atoms with Crippen LogP contribution in [0.15, 0.2) is 29.2 Å². The number of nitrogens with zero attached hydrogens (tertiary/aromatic N) is 2. The average molecular weight is 402 g/mol. The molecule has 1 aromatic carbocycles. The van der Waals surface area contributed by atoms with E-state index in [1.165, 1.54) is 22.5 Å². The fourth-order valence-electron chi connectivity index (χ4n) is 2.89. The molecule has 27 heavy (non-hydrogen) atoms. The molecule has 1 saturated heterocycles. The highest BCUT2D eigenvalue weighted by atomic mass is 32.2. The smallest absolute Gasteiger partial charge is 0.270 e. The van der Waals surface area contributed by atoms with E-state index in [1.54, 1.807) is 0 Å². The number of hydrogen-bond donors (Lipinski definition) is 2. The number of nitro benzene ring substituents is 1. The second-order valence-corrected chi connectivity index (χ2v) is 9.63. The number of ether oxygens (including phenoxy) is 1. The van der Waals surface area contributed by atoms with Crippen molar-refractivity contribution in [3.05, 3.63) is 34.4 Å². The van der Waals surface area contributed by atoms with Crippen LogP contribution in [0.2, 0.25) is 0 Å². The molecule has 0 aromatic heterocycles. The molecule has 0 aliphatic carbocycles. The van der Waals surface area contributed by atoms with Crippen LogP contribution in [0.25, 0.3) is 0 Å². The number of sulfonamides is 1. The van der Waals surface area contributed by atoms with Crippen molar-refractivity contribution in [1.29, 1.82) is 0 Å². The topological polar surface area (TPSA) is 114 Å². The van der Waals surface area contributed by atoms with Crippen molar-refractivity contribution < 1.29 is 28.1 Å². The summed E-state index contributed by atoms with van der Waals surface area (Å²) in [6.45, 7) is 8.20. The van der Waals surface area contributed by atoms with Gasteiger partial charge in [0.2, 0.25) is 10.0 Å². The van der Waals surface area contributed by atoms with Crippen LogP contribution in [0.5, 0.6) is 0 Å². The van der Waals surface area contributed by atoms with E-state index in [2.05, 4.69) is 0 Å². The maximum absolute atomic E-state index is 12.7. The minimum absolute atomic E-state index is 0.0706. The van der Waals surface area contributed by atoms with Gasteiger partial charge in [-0.2, -0.15) is 4.31 Å². The van der Waals surface area contributed by atoms with E-state index in [4.69, 9.17) is 4.74 Å². The number of piperazine rings is 1.